The predicted octanol–water partition coefficient (Wildman–Crippen LogP) is 3.52. The summed E-state index contributed by atoms with van der Waals surface area (Å²) in [6, 6.07) is 8.22. The molecule has 0 aliphatic carbocycles. The van der Waals surface area contributed by atoms with E-state index in [2.05, 4.69) is 52.5 Å². The Bertz CT molecular complexity index is 465. The highest BCUT2D eigenvalue weighted by atomic mass is 79.9. The van der Waals surface area contributed by atoms with Crippen LogP contribution in [0.3, 0.4) is 0 Å². The van der Waals surface area contributed by atoms with E-state index in [0.29, 0.717) is 6.54 Å². The third-order valence-corrected chi connectivity index (χ3v) is 5.60. The molecule has 1 atom stereocenters. The van der Waals surface area contributed by atoms with E-state index in [9.17, 15) is 4.79 Å². The van der Waals surface area contributed by atoms with Crippen LogP contribution in [0.1, 0.15) is 13.8 Å². The number of rotatable bonds is 5. The van der Waals surface area contributed by atoms with E-state index in [4.69, 9.17) is 0 Å². The summed E-state index contributed by atoms with van der Waals surface area (Å²) in [7, 11) is 0. The van der Waals surface area contributed by atoms with Gasteiger partial charge in [0.1, 0.15) is 0 Å². The summed E-state index contributed by atoms with van der Waals surface area (Å²) in [5.74, 6) is 1.85. The monoisotopic (exact) mass is 410 g/mol. The zero-order chi connectivity index (χ0) is 14.6. The van der Waals surface area contributed by atoms with Gasteiger partial charge in [-0.05, 0) is 38.1 Å². The Morgan fingerprint density at radius 3 is 2.71 bits per heavy atom. The van der Waals surface area contributed by atoms with Crippen molar-refractivity contribution in [1.29, 1.82) is 0 Å². The van der Waals surface area contributed by atoms with E-state index >= 15 is 0 Å². The van der Waals surface area contributed by atoms with Crippen LogP contribution < -0.4 is 10.6 Å². The fourth-order valence-corrected chi connectivity index (χ4v) is 4.11. The maximum absolute atomic E-state index is 12.0. The molecule has 118 valence electrons. The van der Waals surface area contributed by atoms with Gasteiger partial charge in [-0.25, -0.2) is 0 Å². The smallest absolute Gasteiger partial charge is 0.238 e. The minimum Gasteiger partial charge on any atom is -0.353 e. The molecule has 1 amide bonds. The fourth-order valence-electron chi connectivity index (χ4n) is 1.84. The molecule has 1 heterocycles. The van der Waals surface area contributed by atoms with Gasteiger partial charge < -0.3 is 5.32 Å². The summed E-state index contributed by atoms with van der Waals surface area (Å²) in [5, 5.41) is 6.24. The summed E-state index contributed by atoms with van der Waals surface area (Å²) in [5.41, 5.74) is 0. The van der Waals surface area contributed by atoms with E-state index in [1.165, 1.54) is 4.90 Å². The molecule has 1 aliphatic rings. The average molecular weight is 412 g/mol. The maximum Gasteiger partial charge on any atom is 0.238 e. The van der Waals surface area contributed by atoms with Crippen molar-refractivity contribution < 1.29 is 4.79 Å². The minimum absolute atomic E-state index is 0. The van der Waals surface area contributed by atoms with Crippen molar-refractivity contribution in [1.82, 2.24) is 10.6 Å². The van der Waals surface area contributed by atoms with E-state index < -0.39 is 0 Å². The standard InChI is InChI=1S/C14H19BrN2OS2.ClH/c1-14(2,20-11-5-3-10(15)4-6-11)8-16-13(18)12-7-19-9-17-12;/h3-6,12,17H,7-9H2,1-2H3,(H,16,18);1H. The van der Waals surface area contributed by atoms with Crippen molar-refractivity contribution in [3.8, 4) is 0 Å². The zero-order valence-corrected chi connectivity index (χ0v) is 16.1. The summed E-state index contributed by atoms with van der Waals surface area (Å²) >= 11 is 6.98. The van der Waals surface area contributed by atoms with Crippen molar-refractivity contribution in [2.75, 3.05) is 18.2 Å². The Balaban J connectivity index is 0.00000220. The second-order valence-corrected chi connectivity index (χ2v) is 9.03. The minimum atomic E-state index is -0.0338. The van der Waals surface area contributed by atoms with Crippen molar-refractivity contribution in [2.45, 2.75) is 29.5 Å². The highest BCUT2D eigenvalue weighted by molar-refractivity contribution is 9.10. The lowest BCUT2D eigenvalue weighted by molar-refractivity contribution is -0.122. The molecule has 0 bridgehead atoms. The number of hydrogen-bond acceptors (Lipinski definition) is 4. The Kier molecular flexibility index (Phi) is 7.92. The largest absolute Gasteiger partial charge is 0.353 e. The Hall–Kier alpha value is 0.120. The third kappa shape index (κ3) is 6.40. The lowest BCUT2D eigenvalue weighted by atomic mass is 10.2. The molecular weight excluding hydrogens is 392 g/mol. The fraction of sp³-hybridized carbons (Fsp3) is 0.500. The number of thioether (sulfide) groups is 2. The first-order valence-corrected chi connectivity index (χ1v) is 9.26. The van der Waals surface area contributed by atoms with Crippen LogP contribution in [0.15, 0.2) is 33.6 Å². The molecule has 2 rings (SSSR count). The number of benzene rings is 1. The molecule has 0 saturated carbocycles. The Labute approximate surface area is 149 Å². The Morgan fingerprint density at radius 2 is 2.14 bits per heavy atom. The van der Waals surface area contributed by atoms with Crippen LogP contribution in [0.2, 0.25) is 0 Å². The number of hydrogen-bond donors (Lipinski definition) is 2. The number of carbonyl (C=O) groups is 1. The lowest BCUT2D eigenvalue weighted by Crippen LogP contribution is -2.46. The third-order valence-electron chi connectivity index (χ3n) is 2.93. The average Bonchev–Trinajstić information content (AvgIpc) is 2.93. The van der Waals surface area contributed by atoms with Gasteiger partial charge >= 0.3 is 0 Å². The maximum atomic E-state index is 12.0. The molecule has 0 spiro atoms. The van der Waals surface area contributed by atoms with E-state index in [1.807, 2.05) is 12.1 Å². The summed E-state index contributed by atoms with van der Waals surface area (Å²) in [6.07, 6.45) is 0. The molecule has 3 nitrogen and oxygen atoms in total. The molecule has 1 aliphatic heterocycles. The number of amides is 1. The van der Waals surface area contributed by atoms with Gasteiger partial charge in [0.25, 0.3) is 0 Å². The summed E-state index contributed by atoms with van der Waals surface area (Å²) in [6.45, 7) is 4.96. The molecule has 0 aromatic heterocycles. The van der Waals surface area contributed by atoms with Gasteiger partial charge in [-0.1, -0.05) is 15.9 Å². The first-order chi connectivity index (χ1) is 9.46. The molecule has 1 aromatic carbocycles. The molecule has 2 N–H and O–H groups in total. The van der Waals surface area contributed by atoms with Crippen LogP contribution in [0.25, 0.3) is 0 Å². The second kappa shape index (κ2) is 8.67. The zero-order valence-electron chi connectivity index (χ0n) is 12.0. The van der Waals surface area contributed by atoms with Gasteiger partial charge in [0, 0.05) is 32.3 Å². The molecule has 21 heavy (non-hydrogen) atoms. The lowest BCUT2D eigenvalue weighted by Gasteiger charge is -2.25. The van der Waals surface area contributed by atoms with E-state index in [0.717, 1.165) is 16.1 Å². The Morgan fingerprint density at radius 1 is 1.48 bits per heavy atom. The topological polar surface area (TPSA) is 41.1 Å². The van der Waals surface area contributed by atoms with Crippen LogP contribution in [0, 0.1) is 0 Å². The van der Waals surface area contributed by atoms with Crippen LogP contribution in [-0.2, 0) is 4.79 Å². The van der Waals surface area contributed by atoms with Gasteiger partial charge in [-0.2, -0.15) is 0 Å². The van der Waals surface area contributed by atoms with Crippen LogP contribution in [0.5, 0.6) is 0 Å². The molecule has 1 fully saturated rings. The number of nitrogens with one attached hydrogen (secondary N) is 2. The van der Waals surface area contributed by atoms with Crippen LogP contribution >= 0.6 is 51.9 Å². The van der Waals surface area contributed by atoms with Crippen LogP contribution in [-0.4, -0.2) is 34.9 Å². The highest BCUT2D eigenvalue weighted by Gasteiger charge is 2.25. The second-order valence-electron chi connectivity index (χ2n) is 5.31. The quantitative estimate of drug-likeness (QED) is 0.727. The van der Waals surface area contributed by atoms with Gasteiger partial charge in [0.05, 0.1) is 6.04 Å². The summed E-state index contributed by atoms with van der Waals surface area (Å²) in [4.78, 5) is 13.2. The molecule has 0 radical (unpaired) electrons. The van der Waals surface area contributed by atoms with Gasteiger partial charge in [-0.15, -0.1) is 35.9 Å². The number of carbonyl (C=O) groups excluding carboxylic acids is 1. The molecule has 1 aromatic rings. The van der Waals surface area contributed by atoms with Crippen LogP contribution in [0.4, 0.5) is 0 Å². The molecule has 7 heteroatoms. The summed E-state index contributed by atoms with van der Waals surface area (Å²) < 4.78 is 1.05. The molecule has 1 unspecified atom stereocenters. The van der Waals surface area contributed by atoms with Crippen molar-refractivity contribution in [2.24, 2.45) is 0 Å². The highest BCUT2D eigenvalue weighted by Crippen LogP contribution is 2.32. The first kappa shape index (κ1) is 19.2. The van der Waals surface area contributed by atoms with Crippen molar-refractivity contribution in [3.05, 3.63) is 28.7 Å². The van der Waals surface area contributed by atoms with E-state index in [1.54, 1.807) is 23.5 Å². The van der Waals surface area contributed by atoms with E-state index in [-0.39, 0.29) is 29.1 Å². The molecule has 1 saturated heterocycles. The normalized spacial score (nSPS) is 18.1. The first-order valence-electron chi connectivity index (χ1n) is 6.50. The van der Waals surface area contributed by atoms with Crippen molar-refractivity contribution in [3.63, 3.8) is 0 Å². The van der Waals surface area contributed by atoms with Crippen molar-refractivity contribution >= 4 is 57.8 Å². The van der Waals surface area contributed by atoms with Gasteiger partial charge in [0.15, 0.2) is 0 Å². The van der Waals surface area contributed by atoms with Gasteiger partial charge in [0.2, 0.25) is 5.91 Å². The SMILES string of the molecule is CC(C)(CNC(=O)C1CSCN1)Sc1ccc(Br)cc1.Cl. The van der Waals surface area contributed by atoms with Gasteiger partial charge in [-0.3, -0.25) is 10.1 Å². The molecular formula is C14H20BrClN2OS2. The number of halogens is 2. The predicted molar refractivity (Wildman–Crippen MR) is 98.6 cm³/mol.